The maximum absolute atomic E-state index is 11.9. The lowest BCUT2D eigenvalue weighted by Crippen LogP contribution is -2.37. The van der Waals surface area contributed by atoms with Gasteiger partial charge in [0.15, 0.2) is 16.3 Å². The van der Waals surface area contributed by atoms with Crippen LogP contribution in [0.1, 0.15) is 11.1 Å². The zero-order valence-corrected chi connectivity index (χ0v) is 11.0. The fourth-order valence-corrected chi connectivity index (χ4v) is 2.05. The molecule has 0 bridgehead atoms. The van der Waals surface area contributed by atoms with Crippen LogP contribution in [0.4, 0.5) is 0 Å². The fraction of sp³-hybridized carbons (Fsp3) is 0.0714. The highest BCUT2D eigenvalue weighted by molar-refractivity contribution is 9.06. The molecular weight excluding hydrogens is 296 g/mol. The first-order valence-corrected chi connectivity index (χ1v) is 6.01. The van der Waals surface area contributed by atoms with E-state index in [4.69, 9.17) is 0 Å². The summed E-state index contributed by atoms with van der Waals surface area (Å²) in [5, 5.41) is 10.7. The second-order valence-corrected chi connectivity index (χ2v) is 4.13. The molecule has 0 aliphatic carbocycles. The third-order valence-corrected chi connectivity index (χ3v) is 3.04. The molecule has 0 saturated carbocycles. The summed E-state index contributed by atoms with van der Waals surface area (Å²) in [6.07, 6.45) is 0. The number of aliphatic hydroxyl groups is 1. The van der Waals surface area contributed by atoms with Gasteiger partial charge < -0.3 is 8.93 Å². The number of halogens is 1. The molecule has 4 heteroatoms. The summed E-state index contributed by atoms with van der Waals surface area (Å²) in [6, 6.07) is 17.4. The summed E-state index contributed by atoms with van der Waals surface area (Å²) < 4.78 is 4.55. The van der Waals surface area contributed by atoms with Gasteiger partial charge in [0.05, 0.1) is 0 Å². The van der Waals surface area contributed by atoms with Crippen molar-refractivity contribution >= 4 is 22.2 Å². The quantitative estimate of drug-likeness (QED) is 0.948. The van der Waals surface area contributed by atoms with Crippen LogP contribution in [-0.4, -0.2) is 11.1 Å². The average Bonchev–Trinajstić information content (AvgIpc) is 2.47. The van der Waals surface area contributed by atoms with Gasteiger partial charge in [0.25, 0.3) is 0 Å². The number of hydrogen-bond donors (Lipinski definition) is 1. The van der Waals surface area contributed by atoms with Gasteiger partial charge in [0.2, 0.25) is 5.60 Å². The van der Waals surface area contributed by atoms with Crippen LogP contribution < -0.4 is 0 Å². The van der Waals surface area contributed by atoms with Crippen molar-refractivity contribution in [3.63, 3.8) is 0 Å². The minimum atomic E-state index is -1.81. The topological polar surface area (TPSA) is 46.5 Å². The molecule has 92 valence electrons. The van der Waals surface area contributed by atoms with E-state index in [1.165, 1.54) is 0 Å². The van der Waals surface area contributed by atoms with E-state index in [1.54, 1.807) is 48.5 Å². The molecule has 0 spiro atoms. The first-order chi connectivity index (χ1) is 8.69. The lowest BCUT2D eigenvalue weighted by molar-refractivity contribution is -0.149. The molecule has 18 heavy (non-hydrogen) atoms. The Balaban J connectivity index is 2.59. The predicted molar refractivity (Wildman–Crippen MR) is 70.9 cm³/mol. The largest absolute Gasteiger partial charge is 0.381 e. The molecule has 0 fully saturated rings. The summed E-state index contributed by atoms with van der Waals surface area (Å²) in [6.45, 7) is 0. The monoisotopic (exact) mass is 306 g/mol. The van der Waals surface area contributed by atoms with Crippen LogP contribution in [0.15, 0.2) is 60.7 Å². The van der Waals surface area contributed by atoms with E-state index in [0.717, 1.165) is 0 Å². The van der Waals surface area contributed by atoms with Gasteiger partial charge in [0.1, 0.15) is 0 Å². The van der Waals surface area contributed by atoms with Crippen LogP contribution in [-0.2, 0) is 14.2 Å². The molecule has 0 atom stereocenters. The number of hydrogen-bond acceptors (Lipinski definition) is 3. The maximum Gasteiger partial charge on any atom is 0.359 e. The Morgan fingerprint density at radius 1 is 0.944 bits per heavy atom. The Bertz CT molecular complexity index is 486. The van der Waals surface area contributed by atoms with Crippen LogP contribution in [0.3, 0.4) is 0 Å². The highest BCUT2D eigenvalue weighted by Crippen LogP contribution is 2.31. The Hall–Kier alpha value is -1.65. The summed E-state index contributed by atoms with van der Waals surface area (Å²) in [4.78, 5) is 11.9. The van der Waals surface area contributed by atoms with Crippen LogP contribution in [0.2, 0.25) is 0 Å². The van der Waals surface area contributed by atoms with Crippen molar-refractivity contribution in [3.05, 3.63) is 71.8 Å². The van der Waals surface area contributed by atoms with Gasteiger partial charge in [-0.15, -0.1) is 0 Å². The van der Waals surface area contributed by atoms with Crippen molar-refractivity contribution in [2.45, 2.75) is 5.60 Å². The SMILES string of the molecule is O=C(OBr)C(O)(c1ccccc1)c1ccccc1. The van der Waals surface area contributed by atoms with Crippen molar-refractivity contribution in [1.82, 2.24) is 0 Å². The van der Waals surface area contributed by atoms with Crippen molar-refractivity contribution in [1.29, 1.82) is 0 Å². The number of carbonyl (C=O) groups is 1. The Labute approximate surface area is 113 Å². The van der Waals surface area contributed by atoms with Crippen molar-refractivity contribution in [3.8, 4) is 0 Å². The smallest absolute Gasteiger partial charge is 0.359 e. The van der Waals surface area contributed by atoms with E-state index in [1.807, 2.05) is 12.1 Å². The number of benzene rings is 2. The van der Waals surface area contributed by atoms with Gasteiger partial charge >= 0.3 is 5.97 Å². The minimum absolute atomic E-state index is 0.459. The van der Waals surface area contributed by atoms with Gasteiger partial charge in [-0.05, 0) is 11.1 Å². The molecule has 0 aliphatic heterocycles. The van der Waals surface area contributed by atoms with E-state index >= 15 is 0 Å². The summed E-state index contributed by atoms with van der Waals surface area (Å²) in [5.41, 5.74) is -0.896. The molecule has 0 amide bonds. The summed E-state index contributed by atoms with van der Waals surface area (Å²) >= 11 is 2.64. The number of carbonyl (C=O) groups excluding carboxylic acids is 1. The molecule has 0 saturated heterocycles. The van der Waals surface area contributed by atoms with Gasteiger partial charge in [-0.25, -0.2) is 4.79 Å². The standard InChI is InChI=1S/C14H11BrO3/c15-18-13(16)14(17,11-7-3-1-4-8-11)12-9-5-2-6-10-12/h1-10,17H. The van der Waals surface area contributed by atoms with E-state index in [2.05, 4.69) is 20.1 Å². The molecule has 2 rings (SSSR count). The first-order valence-electron chi connectivity index (χ1n) is 5.36. The van der Waals surface area contributed by atoms with Crippen molar-refractivity contribution in [2.75, 3.05) is 0 Å². The van der Waals surface area contributed by atoms with E-state index in [9.17, 15) is 9.90 Å². The minimum Gasteiger partial charge on any atom is -0.381 e. The Kier molecular flexibility index (Phi) is 3.79. The highest BCUT2D eigenvalue weighted by atomic mass is 79.9. The van der Waals surface area contributed by atoms with E-state index in [0.29, 0.717) is 11.1 Å². The van der Waals surface area contributed by atoms with E-state index < -0.39 is 11.6 Å². The predicted octanol–water partition coefficient (Wildman–Crippen LogP) is 2.78. The fourth-order valence-electron chi connectivity index (χ4n) is 1.82. The molecule has 0 radical (unpaired) electrons. The lowest BCUT2D eigenvalue weighted by atomic mass is 9.86. The first kappa shape index (κ1) is 12.8. The highest BCUT2D eigenvalue weighted by Gasteiger charge is 2.41. The summed E-state index contributed by atoms with van der Waals surface area (Å²) in [7, 11) is 0. The zero-order chi connectivity index (χ0) is 13.0. The second-order valence-electron chi connectivity index (χ2n) is 3.81. The molecule has 0 heterocycles. The Morgan fingerprint density at radius 3 is 1.67 bits per heavy atom. The average molecular weight is 307 g/mol. The van der Waals surface area contributed by atoms with Crippen LogP contribution in [0.5, 0.6) is 0 Å². The molecular formula is C14H11BrO3. The van der Waals surface area contributed by atoms with Gasteiger partial charge in [-0.3, -0.25) is 0 Å². The maximum atomic E-state index is 11.9. The van der Waals surface area contributed by atoms with Gasteiger partial charge in [0, 0.05) is 0 Å². The molecule has 1 N–H and O–H groups in total. The molecule has 3 nitrogen and oxygen atoms in total. The van der Waals surface area contributed by atoms with Gasteiger partial charge in [-0.1, -0.05) is 60.7 Å². The molecule has 2 aromatic rings. The molecule has 0 aromatic heterocycles. The normalized spacial score (nSPS) is 11.0. The van der Waals surface area contributed by atoms with Crippen LogP contribution in [0.25, 0.3) is 0 Å². The third-order valence-electron chi connectivity index (χ3n) is 2.75. The summed E-state index contributed by atoms with van der Waals surface area (Å²) in [5.74, 6) is -0.778. The second kappa shape index (κ2) is 5.33. The van der Waals surface area contributed by atoms with Crippen molar-refractivity contribution in [2.24, 2.45) is 0 Å². The zero-order valence-electron chi connectivity index (χ0n) is 9.42. The van der Waals surface area contributed by atoms with Gasteiger partial charge in [-0.2, -0.15) is 0 Å². The number of rotatable bonds is 3. The lowest BCUT2D eigenvalue weighted by Gasteiger charge is -2.25. The molecule has 2 aromatic carbocycles. The van der Waals surface area contributed by atoms with Crippen LogP contribution >= 0.6 is 16.3 Å². The van der Waals surface area contributed by atoms with Crippen molar-refractivity contribution < 1.29 is 13.7 Å². The van der Waals surface area contributed by atoms with E-state index in [-0.39, 0.29) is 0 Å². The molecule has 0 unspecified atom stereocenters. The Morgan fingerprint density at radius 2 is 1.33 bits per heavy atom. The molecule has 0 aliphatic rings. The van der Waals surface area contributed by atoms with Crippen LogP contribution in [0, 0.1) is 0 Å². The third kappa shape index (κ3) is 2.17.